The predicted molar refractivity (Wildman–Crippen MR) is 68.5 cm³/mol. The first kappa shape index (κ1) is 12.8. The first-order valence-corrected chi connectivity index (χ1v) is 6.29. The summed E-state index contributed by atoms with van der Waals surface area (Å²) >= 11 is 0. The summed E-state index contributed by atoms with van der Waals surface area (Å²) in [5.41, 5.74) is 2.75. The summed E-state index contributed by atoms with van der Waals surface area (Å²) in [5.74, 6) is -0.836. The van der Waals surface area contributed by atoms with Gasteiger partial charge in [0.2, 0.25) is 0 Å². The van der Waals surface area contributed by atoms with Crippen LogP contribution in [-0.4, -0.2) is 18.4 Å². The van der Waals surface area contributed by atoms with Crippen LogP contribution in [-0.2, 0) is 16.0 Å². The Morgan fingerprint density at radius 3 is 2.83 bits per heavy atom. The number of aryl methyl sites for hydroxylation is 1. The zero-order valence-corrected chi connectivity index (χ0v) is 11.0. The molecular formula is C15H18O3. The Morgan fingerprint density at radius 2 is 2.17 bits per heavy atom. The molecule has 1 aliphatic rings. The number of rotatable bonds is 3. The van der Waals surface area contributed by atoms with Crippen LogP contribution in [0, 0.1) is 18.8 Å². The molecule has 1 atom stereocenters. The molecule has 3 nitrogen and oxygen atoms in total. The van der Waals surface area contributed by atoms with E-state index in [-0.39, 0.29) is 17.7 Å². The Hall–Kier alpha value is -1.64. The molecule has 18 heavy (non-hydrogen) atoms. The fourth-order valence-corrected chi connectivity index (χ4v) is 2.17. The van der Waals surface area contributed by atoms with Gasteiger partial charge in [0.25, 0.3) is 0 Å². The van der Waals surface area contributed by atoms with Gasteiger partial charge in [-0.15, -0.1) is 0 Å². The van der Waals surface area contributed by atoms with Crippen molar-refractivity contribution in [3.05, 3.63) is 34.9 Å². The van der Waals surface area contributed by atoms with Crippen molar-refractivity contribution < 1.29 is 14.3 Å². The van der Waals surface area contributed by atoms with Crippen LogP contribution in [0.4, 0.5) is 0 Å². The zero-order chi connectivity index (χ0) is 13.3. The first-order chi connectivity index (χ1) is 8.49. The number of Topliss-reactive ketones (excluding diaryl/α,β-unsaturated/α-hetero) is 1. The fourth-order valence-electron chi connectivity index (χ4n) is 2.17. The van der Waals surface area contributed by atoms with Gasteiger partial charge < -0.3 is 4.74 Å². The number of ether oxygens (including phenoxy) is 1. The van der Waals surface area contributed by atoms with Gasteiger partial charge in [-0.25, -0.2) is 0 Å². The van der Waals surface area contributed by atoms with E-state index in [1.165, 1.54) is 0 Å². The van der Waals surface area contributed by atoms with E-state index in [9.17, 15) is 9.59 Å². The minimum atomic E-state index is -0.638. The molecule has 1 aliphatic carbocycles. The number of carbonyl (C=O) groups is 2. The van der Waals surface area contributed by atoms with Gasteiger partial charge in [-0.1, -0.05) is 37.6 Å². The van der Waals surface area contributed by atoms with Crippen LogP contribution in [0.3, 0.4) is 0 Å². The van der Waals surface area contributed by atoms with Gasteiger partial charge in [0.1, 0.15) is 5.92 Å². The molecule has 0 fully saturated rings. The van der Waals surface area contributed by atoms with Gasteiger partial charge in [0.05, 0.1) is 6.61 Å². The maximum Gasteiger partial charge on any atom is 0.317 e. The zero-order valence-electron chi connectivity index (χ0n) is 11.0. The van der Waals surface area contributed by atoms with E-state index in [1.807, 2.05) is 39.0 Å². The van der Waals surface area contributed by atoms with E-state index < -0.39 is 5.92 Å². The Kier molecular flexibility index (Phi) is 3.50. The van der Waals surface area contributed by atoms with Gasteiger partial charge in [-0.2, -0.15) is 0 Å². The molecule has 0 aliphatic heterocycles. The topological polar surface area (TPSA) is 43.4 Å². The van der Waals surface area contributed by atoms with Crippen LogP contribution in [0.2, 0.25) is 0 Å². The highest BCUT2D eigenvalue weighted by molar-refractivity contribution is 6.12. The average molecular weight is 246 g/mol. The SMILES string of the molecule is Cc1ccc2c(c1)CC(C(=O)OCC(C)C)C2=O. The van der Waals surface area contributed by atoms with E-state index in [4.69, 9.17) is 4.74 Å². The van der Waals surface area contributed by atoms with Crippen molar-refractivity contribution in [2.75, 3.05) is 6.61 Å². The Labute approximate surface area is 107 Å². The third-order valence-corrected chi connectivity index (χ3v) is 3.11. The molecule has 1 aromatic rings. The molecule has 0 bridgehead atoms. The number of fused-ring (bicyclic) bond motifs is 1. The van der Waals surface area contributed by atoms with Gasteiger partial charge >= 0.3 is 5.97 Å². The smallest absolute Gasteiger partial charge is 0.317 e. The van der Waals surface area contributed by atoms with Gasteiger partial charge in [0.15, 0.2) is 5.78 Å². The lowest BCUT2D eigenvalue weighted by Gasteiger charge is -2.10. The summed E-state index contributed by atoms with van der Waals surface area (Å²) in [7, 11) is 0. The molecular weight excluding hydrogens is 228 g/mol. The molecule has 1 aromatic carbocycles. The second-order valence-electron chi connectivity index (χ2n) is 5.31. The molecule has 0 heterocycles. The van der Waals surface area contributed by atoms with Crippen LogP contribution in [0.25, 0.3) is 0 Å². The van der Waals surface area contributed by atoms with E-state index >= 15 is 0 Å². The number of hydrogen-bond acceptors (Lipinski definition) is 3. The molecule has 0 spiro atoms. The van der Waals surface area contributed by atoms with Crippen molar-refractivity contribution in [3.8, 4) is 0 Å². The number of hydrogen-bond donors (Lipinski definition) is 0. The van der Waals surface area contributed by atoms with Crippen molar-refractivity contribution in [3.63, 3.8) is 0 Å². The molecule has 0 radical (unpaired) electrons. The number of carbonyl (C=O) groups excluding carboxylic acids is 2. The average Bonchev–Trinajstić information content (AvgIpc) is 2.63. The van der Waals surface area contributed by atoms with Crippen molar-refractivity contribution in [1.29, 1.82) is 0 Å². The highest BCUT2D eigenvalue weighted by Gasteiger charge is 2.36. The third-order valence-electron chi connectivity index (χ3n) is 3.11. The molecule has 96 valence electrons. The predicted octanol–water partition coefficient (Wildman–Crippen LogP) is 2.55. The number of benzene rings is 1. The Bertz CT molecular complexity index is 489. The van der Waals surface area contributed by atoms with Gasteiger partial charge in [0, 0.05) is 5.56 Å². The van der Waals surface area contributed by atoms with Crippen molar-refractivity contribution >= 4 is 11.8 Å². The summed E-state index contributed by atoms with van der Waals surface area (Å²) in [6.45, 7) is 6.30. The summed E-state index contributed by atoms with van der Waals surface area (Å²) in [4.78, 5) is 24.0. The Balaban J connectivity index is 2.11. The lowest BCUT2D eigenvalue weighted by atomic mass is 10.1. The van der Waals surface area contributed by atoms with Gasteiger partial charge in [-0.05, 0) is 24.8 Å². The van der Waals surface area contributed by atoms with E-state index in [0.717, 1.165) is 11.1 Å². The molecule has 2 rings (SSSR count). The van der Waals surface area contributed by atoms with Crippen molar-refractivity contribution in [2.45, 2.75) is 27.2 Å². The molecule has 0 saturated heterocycles. The highest BCUT2D eigenvalue weighted by atomic mass is 16.5. The largest absolute Gasteiger partial charge is 0.465 e. The van der Waals surface area contributed by atoms with Crippen LogP contribution in [0.1, 0.15) is 35.3 Å². The van der Waals surface area contributed by atoms with Crippen LogP contribution < -0.4 is 0 Å². The van der Waals surface area contributed by atoms with Crippen LogP contribution in [0.15, 0.2) is 18.2 Å². The lowest BCUT2D eigenvalue weighted by molar-refractivity contribution is -0.147. The second-order valence-corrected chi connectivity index (χ2v) is 5.31. The lowest BCUT2D eigenvalue weighted by Crippen LogP contribution is -2.24. The van der Waals surface area contributed by atoms with Crippen LogP contribution >= 0.6 is 0 Å². The van der Waals surface area contributed by atoms with E-state index in [0.29, 0.717) is 18.6 Å². The molecule has 0 N–H and O–H groups in total. The third kappa shape index (κ3) is 2.45. The quantitative estimate of drug-likeness (QED) is 0.608. The van der Waals surface area contributed by atoms with Crippen molar-refractivity contribution in [1.82, 2.24) is 0 Å². The monoisotopic (exact) mass is 246 g/mol. The molecule has 0 aromatic heterocycles. The summed E-state index contributed by atoms with van der Waals surface area (Å²) < 4.78 is 5.16. The number of ketones is 1. The summed E-state index contributed by atoms with van der Waals surface area (Å²) in [6, 6.07) is 5.68. The minimum Gasteiger partial charge on any atom is -0.465 e. The van der Waals surface area contributed by atoms with E-state index in [1.54, 1.807) is 0 Å². The van der Waals surface area contributed by atoms with E-state index in [2.05, 4.69) is 0 Å². The molecule has 3 heteroatoms. The van der Waals surface area contributed by atoms with Crippen molar-refractivity contribution in [2.24, 2.45) is 11.8 Å². The molecule has 1 unspecified atom stereocenters. The standard InChI is InChI=1S/C15H18O3/c1-9(2)8-18-15(17)13-7-11-6-10(3)4-5-12(11)14(13)16/h4-6,9,13H,7-8H2,1-3H3. The first-order valence-electron chi connectivity index (χ1n) is 6.29. The summed E-state index contributed by atoms with van der Waals surface area (Å²) in [6.07, 6.45) is 0.479. The minimum absolute atomic E-state index is 0.0984. The normalized spacial score (nSPS) is 18.0. The van der Waals surface area contributed by atoms with Gasteiger partial charge in [-0.3, -0.25) is 9.59 Å². The fraction of sp³-hybridized carbons (Fsp3) is 0.467. The number of esters is 1. The highest BCUT2D eigenvalue weighted by Crippen LogP contribution is 2.28. The Morgan fingerprint density at radius 1 is 1.44 bits per heavy atom. The maximum absolute atomic E-state index is 12.1. The maximum atomic E-state index is 12.1. The van der Waals surface area contributed by atoms with Crippen LogP contribution in [0.5, 0.6) is 0 Å². The molecule has 0 saturated carbocycles. The molecule has 0 amide bonds. The summed E-state index contributed by atoms with van der Waals surface area (Å²) in [5, 5.41) is 0. The second kappa shape index (κ2) is 4.92.